The molecule has 0 spiro atoms. The summed E-state index contributed by atoms with van der Waals surface area (Å²) in [6.45, 7) is 2.58. The summed E-state index contributed by atoms with van der Waals surface area (Å²) in [5, 5.41) is 7.14. The van der Waals surface area contributed by atoms with Crippen LogP contribution in [-0.2, 0) is 13.2 Å². The number of aromatic nitrogens is 3. The Labute approximate surface area is 171 Å². The summed E-state index contributed by atoms with van der Waals surface area (Å²) in [5.41, 5.74) is 0.548. The molecule has 0 aliphatic heterocycles. The molecule has 0 aliphatic rings. The Morgan fingerprint density at radius 2 is 1.93 bits per heavy atom. The molecule has 0 aliphatic carbocycles. The molecular formula is C21H21F3N4O2. The van der Waals surface area contributed by atoms with Crippen molar-refractivity contribution in [1.29, 1.82) is 0 Å². The molecule has 1 N–H and O–H groups in total. The quantitative estimate of drug-likeness (QED) is 0.559. The van der Waals surface area contributed by atoms with E-state index < -0.39 is 11.7 Å². The van der Waals surface area contributed by atoms with E-state index in [0.29, 0.717) is 23.4 Å². The van der Waals surface area contributed by atoms with Crippen LogP contribution in [0.25, 0.3) is 11.3 Å². The van der Waals surface area contributed by atoms with Gasteiger partial charge in [0.15, 0.2) is 0 Å². The number of benzene rings is 1. The van der Waals surface area contributed by atoms with Gasteiger partial charge in [0.2, 0.25) is 5.88 Å². The number of carbonyl (C=O) groups is 1. The van der Waals surface area contributed by atoms with Gasteiger partial charge in [-0.3, -0.25) is 9.48 Å². The molecule has 30 heavy (non-hydrogen) atoms. The number of ether oxygens (including phenoxy) is 1. The van der Waals surface area contributed by atoms with Crippen LogP contribution in [0.5, 0.6) is 11.6 Å². The number of halogens is 3. The van der Waals surface area contributed by atoms with Crippen molar-refractivity contribution in [1.82, 2.24) is 20.1 Å². The minimum Gasteiger partial charge on any atom is -0.438 e. The highest BCUT2D eigenvalue weighted by atomic mass is 19.4. The average molecular weight is 418 g/mol. The summed E-state index contributed by atoms with van der Waals surface area (Å²) >= 11 is 0. The van der Waals surface area contributed by atoms with E-state index in [9.17, 15) is 18.0 Å². The SMILES string of the molecule is CCCCNC(=O)c1cnc(Oc2ccc(C(F)(F)F)cc2)c(-c2ccn(C)n2)c1. The average Bonchev–Trinajstić information content (AvgIpc) is 3.14. The molecule has 2 aromatic heterocycles. The van der Waals surface area contributed by atoms with Crippen LogP contribution in [0.3, 0.4) is 0 Å². The first-order chi connectivity index (χ1) is 14.3. The molecule has 6 nitrogen and oxygen atoms in total. The number of nitrogens with zero attached hydrogens (tertiary/aromatic N) is 3. The van der Waals surface area contributed by atoms with Gasteiger partial charge >= 0.3 is 6.18 Å². The fourth-order valence-electron chi connectivity index (χ4n) is 2.70. The number of nitrogens with one attached hydrogen (secondary N) is 1. The fraction of sp³-hybridized carbons (Fsp3) is 0.286. The molecule has 0 bridgehead atoms. The number of rotatable bonds is 7. The summed E-state index contributed by atoms with van der Waals surface area (Å²) < 4.78 is 45.6. The highest BCUT2D eigenvalue weighted by Gasteiger charge is 2.30. The van der Waals surface area contributed by atoms with E-state index in [-0.39, 0.29) is 17.5 Å². The van der Waals surface area contributed by atoms with Crippen LogP contribution in [0.15, 0.2) is 48.8 Å². The summed E-state index contributed by atoms with van der Waals surface area (Å²) in [6, 6.07) is 7.65. The Bertz CT molecular complexity index is 1010. The van der Waals surface area contributed by atoms with Crippen molar-refractivity contribution in [2.45, 2.75) is 25.9 Å². The van der Waals surface area contributed by atoms with Crippen LogP contribution < -0.4 is 10.1 Å². The van der Waals surface area contributed by atoms with E-state index in [1.54, 1.807) is 30.1 Å². The van der Waals surface area contributed by atoms with Gasteiger partial charge in [0.05, 0.1) is 22.4 Å². The molecule has 1 amide bonds. The van der Waals surface area contributed by atoms with Crippen molar-refractivity contribution in [3.8, 4) is 22.9 Å². The Hall–Kier alpha value is -3.36. The number of hydrogen-bond acceptors (Lipinski definition) is 4. The van der Waals surface area contributed by atoms with Crippen molar-refractivity contribution in [3.63, 3.8) is 0 Å². The standard InChI is InChI=1S/C21H21F3N4O2/c1-3-4-10-25-19(29)14-12-17(18-9-11-28(2)27-18)20(26-13-14)30-16-7-5-15(6-8-16)21(22,23)24/h5-9,11-13H,3-4,10H2,1-2H3,(H,25,29). The Balaban J connectivity index is 1.90. The molecule has 0 unspecified atom stereocenters. The first-order valence-electron chi connectivity index (χ1n) is 9.41. The predicted octanol–water partition coefficient (Wildman–Crippen LogP) is 4.82. The third-order valence-corrected chi connectivity index (χ3v) is 4.31. The van der Waals surface area contributed by atoms with Gasteiger partial charge in [-0.25, -0.2) is 4.98 Å². The first-order valence-corrected chi connectivity index (χ1v) is 9.41. The van der Waals surface area contributed by atoms with E-state index >= 15 is 0 Å². The van der Waals surface area contributed by atoms with Crippen LogP contribution >= 0.6 is 0 Å². The lowest BCUT2D eigenvalue weighted by atomic mass is 10.1. The van der Waals surface area contributed by atoms with E-state index in [4.69, 9.17) is 4.74 Å². The first kappa shape index (κ1) is 21.4. The number of hydrogen-bond donors (Lipinski definition) is 1. The van der Waals surface area contributed by atoms with Crippen LogP contribution in [0.2, 0.25) is 0 Å². The Kier molecular flexibility index (Phi) is 6.39. The zero-order valence-corrected chi connectivity index (χ0v) is 16.5. The number of aryl methyl sites for hydroxylation is 1. The molecule has 0 saturated heterocycles. The second kappa shape index (κ2) is 8.98. The molecule has 0 radical (unpaired) electrons. The topological polar surface area (TPSA) is 69.0 Å². The third kappa shape index (κ3) is 5.16. The fourth-order valence-corrected chi connectivity index (χ4v) is 2.70. The summed E-state index contributed by atoms with van der Waals surface area (Å²) in [6.07, 6.45) is 0.486. The zero-order valence-electron chi connectivity index (χ0n) is 16.5. The molecule has 0 atom stereocenters. The molecule has 0 saturated carbocycles. The monoisotopic (exact) mass is 418 g/mol. The maximum Gasteiger partial charge on any atom is 0.416 e. The molecule has 2 heterocycles. The Morgan fingerprint density at radius 3 is 2.53 bits per heavy atom. The summed E-state index contributed by atoms with van der Waals surface area (Å²) in [7, 11) is 1.74. The molecule has 3 aromatic rings. The number of amides is 1. The van der Waals surface area contributed by atoms with Gasteiger partial charge in [0.25, 0.3) is 5.91 Å². The zero-order chi connectivity index (χ0) is 21.7. The molecule has 3 rings (SSSR count). The maximum atomic E-state index is 12.8. The lowest BCUT2D eigenvalue weighted by Gasteiger charge is -2.12. The van der Waals surface area contributed by atoms with Crippen molar-refractivity contribution in [3.05, 3.63) is 59.9 Å². The summed E-state index contributed by atoms with van der Waals surface area (Å²) in [5.74, 6) is 0.0561. The number of unbranched alkanes of at least 4 members (excludes halogenated alkanes) is 1. The van der Waals surface area contributed by atoms with Crippen molar-refractivity contribution >= 4 is 5.91 Å². The van der Waals surface area contributed by atoms with Gasteiger partial charge in [-0.05, 0) is 42.8 Å². The lowest BCUT2D eigenvalue weighted by Crippen LogP contribution is -2.24. The van der Waals surface area contributed by atoms with Crippen LogP contribution in [0.1, 0.15) is 35.7 Å². The van der Waals surface area contributed by atoms with Crippen molar-refractivity contribution in [2.75, 3.05) is 6.54 Å². The largest absolute Gasteiger partial charge is 0.438 e. The molecule has 1 aromatic carbocycles. The van der Waals surface area contributed by atoms with Gasteiger partial charge in [0, 0.05) is 26.0 Å². The predicted molar refractivity (Wildman–Crippen MR) is 105 cm³/mol. The van der Waals surface area contributed by atoms with Gasteiger partial charge in [-0.2, -0.15) is 18.3 Å². The maximum absolute atomic E-state index is 12.8. The van der Waals surface area contributed by atoms with Gasteiger partial charge in [-0.15, -0.1) is 0 Å². The van der Waals surface area contributed by atoms with E-state index in [1.807, 2.05) is 6.92 Å². The van der Waals surface area contributed by atoms with E-state index in [2.05, 4.69) is 15.4 Å². The van der Waals surface area contributed by atoms with Crippen LogP contribution in [0.4, 0.5) is 13.2 Å². The van der Waals surface area contributed by atoms with Gasteiger partial charge < -0.3 is 10.1 Å². The summed E-state index contributed by atoms with van der Waals surface area (Å²) in [4.78, 5) is 16.6. The second-order valence-electron chi connectivity index (χ2n) is 6.69. The van der Waals surface area contributed by atoms with Gasteiger partial charge in [-0.1, -0.05) is 13.3 Å². The molecule has 158 valence electrons. The minimum absolute atomic E-state index is 0.138. The molecular weight excluding hydrogens is 397 g/mol. The van der Waals surface area contributed by atoms with Crippen molar-refractivity contribution in [2.24, 2.45) is 7.05 Å². The van der Waals surface area contributed by atoms with Crippen molar-refractivity contribution < 1.29 is 22.7 Å². The number of alkyl halides is 3. The second-order valence-corrected chi connectivity index (χ2v) is 6.69. The van der Waals surface area contributed by atoms with E-state index in [0.717, 1.165) is 25.0 Å². The third-order valence-electron chi connectivity index (χ3n) is 4.31. The highest BCUT2D eigenvalue weighted by molar-refractivity contribution is 5.95. The van der Waals surface area contributed by atoms with Crippen LogP contribution in [0, 0.1) is 0 Å². The number of carbonyl (C=O) groups excluding carboxylic acids is 1. The molecule has 0 fully saturated rings. The number of pyridine rings is 1. The van der Waals surface area contributed by atoms with E-state index in [1.165, 1.54) is 18.3 Å². The lowest BCUT2D eigenvalue weighted by molar-refractivity contribution is -0.137. The normalized spacial score (nSPS) is 11.4. The highest BCUT2D eigenvalue weighted by Crippen LogP contribution is 2.34. The van der Waals surface area contributed by atoms with Crippen LogP contribution in [-0.4, -0.2) is 27.2 Å². The molecule has 9 heteroatoms. The minimum atomic E-state index is -4.43. The van der Waals surface area contributed by atoms with Gasteiger partial charge in [0.1, 0.15) is 5.75 Å². The Morgan fingerprint density at radius 1 is 1.20 bits per heavy atom. The smallest absolute Gasteiger partial charge is 0.416 e.